The first-order valence-corrected chi connectivity index (χ1v) is 9.55. The molecule has 0 spiro atoms. The number of ether oxygens (including phenoxy) is 2. The van der Waals surface area contributed by atoms with E-state index >= 15 is 0 Å². The molecular weight excluding hydrogens is 441 g/mol. The Kier molecular flexibility index (Phi) is 6.80. The highest BCUT2D eigenvalue weighted by Gasteiger charge is 2.44. The molecule has 4 rings (SSSR count). The summed E-state index contributed by atoms with van der Waals surface area (Å²) < 4.78 is 11.8. The fraction of sp³-hybridized carbons (Fsp3) is 0.650. The van der Waals surface area contributed by atoms with Gasteiger partial charge < -0.3 is 19.7 Å². The van der Waals surface area contributed by atoms with Crippen LogP contribution in [0, 0.1) is 0 Å². The van der Waals surface area contributed by atoms with Gasteiger partial charge in [-0.3, -0.25) is 4.99 Å². The molecule has 2 heterocycles. The number of hydrogen-bond donors (Lipinski definition) is 1. The molecule has 1 aromatic rings. The number of morpholine rings is 1. The van der Waals surface area contributed by atoms with Gasteiger partial charge >= 0.3 is 0 Å². The third-order valence-electron chi connectivity index (χ3n) is 5.81. The van der Waals surface area contributed by atoms with Crippen LogP contribution in [0.3, 0.4) is 0 Å². The Hall–Kier alpha value is -0.860. The lowest BCUT2D eigenvalue weighted by Crippen LogP contribution is -2.54. The van der Waals surface area contributed by atoms with E-state index in [1.165, 1.54) is 18.4 Å². The van der Waals surface area contributed by atoms with E-state index in [-0.39, 0.29) is 41.6 Å². The minimum Gasteiger partial charge on any atom is -0.375 e. The molecule has 2 atom stereocenters. The highest BCUT2D eigenvalue weighted by Crippen LogP contribution is 2.47. The van der Waals surface area contributed by atoms with Gasteiger partial charge in [0.15, 0.2) is 5.96 Å². The first-order chi connectivity index (χ1) is 12.3. The van der Waals surface area contributed by atoms with E-state index < -0.39 is 0 Å². The molecule has 0 aromatic heterocycles. The van der Waals surface area contributed by atoms with Gasteiger partial charge in [-0.25, -0.2) is 0 Å². The van der Waals surface area contributed by atoms with Gasteiger partial charge in [0.05, 0.1) is 12.7 Å². The molecule has 0 amide bonds. The number of aliphatic imine (C=N–C) groups is 1. The predicted molar refractivity (Wildman–Crippen MR) is 114 cm³/mol. The molecule has 1 N–H and O–H groups in total. The number of benzene rings is 1. The molecule has 144 valence electrons. The van der Waals surface area contributed by atoms with E-state index in [9.17, 15) is 0 Å². The summed E-state index contributed by atoms with van der Waals surface area (Å²) in [6.07, 6.45) is 5.18. The van der Waals surface area contributed by atoms with Crippen molar-refractivity contribution in [3.8, 4) is 0 Å². The van der Waals surface area contributed by atoms with E-state index in [2.05, 4.69) is 45.5 Å². The second kappa shape index (κ2) is 8.89. The Morgan fingerprint density at radius 3 is 2.62 bits per heavy atom. The van der Waals surface area contributed by atoms with Gasteiger partial charge in [0.25, 0.3) is 0 Å². The van der Waals surface area contributed by atoms with Gasteiger partial charge in [-0.1, -0.05) is 30.3 Å². The monoisotopic (exact) mass is 471 g/mol. The van der Waals surface area contributed by atoms with Crippen molar-refractivity contribution in [3.05, 3.63) is 35.9 Å². The number of rotatable bonds is 4. The molecule has 1 saturated carbocycles. The minimum atomic E-state index is 0. The van der Waals surface area contributed by atoms with E-state index in [0.717, 1.165) is 51.6 Å². The van der Waals surface area contributed by atoms with Gasteiger partial charge in [-0.05, 0) is 31.2 Å². The predicted octanol–water partition coefficient (Wildman–Crippen LogP) is 2.79. The first kappa shape index (κ1) is 19.9. The summed E-state index contributed by atoms with van der Waals surface area (Å²) in [5.41, 5.74) is 1.73. The Balaban J connectivity index is 0.00000196. The quantitative estimate of drug-likeness (QED) is 0.417. The molecule has 0 bridgehead atoms. The van der Waals surface area contributed by atoms with Crippen LogP contribution in [-0.2, 0) is 14.9 Å². The lowest BCUT2D eigenvalue weighted by Gasteiger charge is -2.37. The van der Waals surface area contributed by atoms with Crippen LogP contribution < -0.4 is 5.32 Å². The van der Waals surface area contributed by atoms with Gasteiger partial charge in [-0.15, -0.1) is 24.0 Å². The van der Waals surface area contributed by atoms with Gasteiger partial charge in [0.2, 0.25) is 0 Å². The molecule has 2 aliphatic heterocycles. The minimum absolute atomic E-state index is 0. The summed E-state index contributed by atoms with van der Waals surface area (Å²) >= 11 is 0. The van der Waals surface area contributed by atoms with E-state index in [1.54, 1.807) is 0 Å². The summed E-state index contributed by atoms with van der Waals surface area (Å²) in [7, 11) is 1.88. The number of hydrogen-bond acceptors (Lipinski definition) is 3. The number of nitrogens with zero attached hydrogens (tertiary/aromatic N) is 2. The summed E-state index contributed by atoms with van der Waals surface area (Å²) in [5.74, 6) is 0.994. The molecule has 1 aromatic carbocycles. The Morgan fingerprint density at radius 2 is 1.96 bits per heavy atom. The van der Waals surface area contributed by atoms with E-state index in [4.69, 9.17) is 9.47 Å². The third kappa shape index (κ3) is 4.34. The Morgan fingerprint density at radius 1 is 1.19 bits per heavy atom. The third-order valence-corrected chi connectivity index (χ3v) is 5.81. The van der Waals surface area contributed by atoms with Gasteiger partial charge in [-0.2, -0.15) is 0 Å². The summed E-state index contributed by atoms with van der Waals surface area (Å²) in [6, 6.07) is 10.9. The topological polar surface area (TPSA) is 46.1 Å². The normalized spacial score (nSPS) is 27.7. The van der Waals surface area contributed by atoms with Crippen LogP contribution in [0.15, 0.2) is 35.3 Å². The summed E-state index contributed by atoms with van der Waals surface area (Å²) in [5, 5.41) is 3.63. The fourth-order valence-electron chi connectivity index (χ4n) is 4.08. The number of halogens is 1. The van der Waals surface area contributed by atoms with Crippen LogP contribution in [0.5, 0.6) is 0 Å². The molecule has 26 heavy (non-hydrogen) atoms. The zero-order valence-corrected chi connectivity index (χ0v) is 17.9. The molecule has 1 aliphatic carbocycles. The van der Waals surface area contributed by atoms with E-state index in [0.29, 0.717) is 0 Å². The van der Waals surface area contributed by atoms with Crippen molar-refractivity contribution < 1.29 is 9.47 Å². The van der Waals surface area contributed by atoms with E-state index in [1.807, 2.05) is 7.05 Å². The second-order valence-corrected chi connectivity index (χ2v) is 7.45. The van der Waals surface area contributed by atoms with Crippen LogP contribution in [0.2, 0.25) is 0 Å². The largest absolute Gasteiger partial charge is 0.375 e. The summed E-state index contributed by atoms with van der Waals surface area (Å²) in [6.45, 7) is 4.32. The van der Waals surface area contributed by atoms with Crippen molar-refractivity contribution in [2.75, 3.05) is 39.9 Å². The Labute approximate surface area is 173 Å². The molecule has 3 fully saturated rings. The highest BCUT2D eigenvalue weighted by molar-refractivity contribution is 14.0. The lowest BCUT2D eigenvalue weighted by molar-refractivity contribution is -0.0817. The molecule has 0 radical (unpaired) electrons. The van der Waals surface area contributed by atoms with Crippen molar-refractivity contribution in [2.24, 2.45) is 4.99 Å². The highest BCUT2D eigenvalue weighted by atomic mass is 127. The summed E-state index contributed by atoms with van der Waals surface area (Å²) in [4.78, 5) is 6.86. The molecule has 3 aliphatic rings. The maximum absolute atomic E-state index is 5.96. The zero-order chi connectivity index (χ0) is 17.1. The Bertz CT molecular complexity index is 600. The van der Waals surface area contributed by atoms with Gasteiger partial charge in [0, 0.05) is 38.7 Å². The van der Waals surface area contributed by atoms with Crippen molar-refractivity contribution in [1.82, 2.24) is 10.2 Å². The first-order valence-electron chi connectivity index (χ1n) is 9.55. The number of nitrogens with one attached hydrogen (secondary N) is 1. The standard InChI is InChI=1S/C20H29N3O2.HI/c1-21-19(22-15-20(9-10-20)16-6-3-2-4-7-16)23-11-13-25-18(14-23)17-8-5-12-24-17;/h2-4,6-7,17-18H,5,8-15H2,1H3,(H,21,22);1H. The smallest absolute Gasteiger partial charge is 0.193 e. The molecule has 2 saturated heterocycles. The van der Waals surface area contributed by atoms with Crippen molar-refractivity contribution in [3.63, 3.8) is 0 Å². The second-order valence-electron chi connectivity index (χ2n) is 7.45. The number of guanidine groups is 1. The van der Waals surface area contributed by atoms with Crippen molar-refractivity contribution in [1.29, 1.82) is 0 Å². The lowest BCUT2D eigenvalue weighted by atomic mass is 9.96. The maximum atomic E-state index is 5.96. The van der Waals surface area contributed by atoms with Gasteiger partial charge in [0.1, 0.15) is 6.10 Å². The fourth-order valence-corrected chi connectivity index (χ4v) is 4.08. The molecule has 6 heteroatoms. The maximum Gasteiger partial charge on any atom is 0.193 e. The van der Waals surface area contributed by atoms with Crippen molar-refractivity contribution >= 4 is 29.9 Å². The van der Waals surface area contributed by atoms with Crippen molar-refractivity contribution in [2.45, 2.75) is 43.3 Å². The molecule has 2 unspecified atom stereocenters. The zero-order valence-electron chi connectivity index (χ0n) is 15.5. The average molecular weight is 471 g/mol. The molecular formula is C20H30IN3O2. The van der Waals surface area contributed by atoms with Crippen LogP contribution in [0.1, 0.15) is 31.2 Å². The van der Waals surface area contributed by atoms with Crippen LogP contribution in [0.4, 0.5) is 0 Å². The SMILES string of the molecule is CN=C(NCC1(c2ccccc2)CC1)N1CCOC(C2CCCO2)C1.I. The van der Waals surface area contributed by atoms with Crippen LogP contribution in [-0.4, -0.2) is 63.0 Å². The van der Waals surface area contributed by atoms with Crippen LogP contribution in [0.25, 0.3) is 0 Å². The molecule has 5 nitrogen and oxygen atoms in total. The average Bonchev–Trinajstić information content (AvgIpc) is 3.26. The van der Waals surface area contributed by atoms with Crippen LogP contribution >= 0.6 is 24.0 Å².